The average molecular weight is 247 g/mol. The first-order valence-corrected chi connectivity index (χ1v) is 6.30. The number of rotatable bonds is 5. The monoisotopic (exact) mass is 247 g/mol. The van der Waals surface area contributed by atoms with Gasteiger partial charge in [0.05, 0.1) is 12.0 Å². The first-order chi connectivity index (χ1) is 8.53. The van der Waals surface area contributed by atoms with Crippen LogP contribution in [0.5, 0.6) is 0 Å². The van der Waals surface area contributed by atoms with E-state index in [1.54, 1.807) is 0 Å². The average Bonchev–Trinajstić information content (AvgIpc) is 2.38. The van der Waals surface area contributed by atoms with Gasteiger partial charge < -0.3 is 10.6 Å². The van der Waals surface area contributed by atoms with Crippen LogP contribution in [0.15, 0.2) is 0 Å². The van der Waals surface area contributed by atoms with Crippen LogP contribution in [0.2, 0.25) is 0 Å². The second-order valence-electron chi connectivity index (χ2n) is 4.40. The van der Waals surface area contributed by atoms with E-state index in [9.17, 15) is 0 Å². The standard InChI is InChI=1S/C13H21N5/c1-5-11-16-12(15)10(4)13(17-11)18(6-2)8-9(3)7-14/h9H,5-6,8H2,1-4H3,(H2,15,16,17). The highest BCUT2D eigenvalue weighted by Crippen LogP contribution is 2.22. The smallest absolute Gasteiger partial charge is 0.137 e. The van der Waals surface area contributed by atoms with Gasteiger partial charge in [-0.3, -0.25) is 0 Å². The van der Waals surface area contributed by atoms with Crippen LogP contribution in [0.3, 0.4) is 0 Å². The number of anilines is 2. The molecular formula is C13H21N5. The van der Waals surface area contributed by atoms with Gasteiger partial charge in [-0.25, -0.2) is 9.97 Å². The van der Waals surface area contributed by atoms with Gasteiger partial charge in [0, 0.05) is 25.1 Å². The number of nitrogen functional groups attached to an aromatic ring is 1. The minimum absolute atomic E-state index is 0.0365. The first kappa shape index (κ1) is 14.2. The maximum atomic E-state index is 8.92. The number of nitriles is 1. The zero-order chi connectivity index (χ0) is 13.7. The normalized spacial score (nSPS) is 11.9. The molecule has 0 aromatic carbocycles. The molecule has 0 saturated carbocycles. The van der Waals surface area contributed by atoms with Crippen LogP contribution >= 0.6 is 0 Å². The molecule has 0 saturated heterocycles. The maximum absolute atomic E-state index is 8.92. The molecule has 5 nitrogen and oxygen atoms in total. The highest BCUT2D eigenvalue weighted by Gasteiger charge is 2.15. The van der Waals surface area contributed by atoms with Crippen molar-refractivity contribution in [1.29, 1.82) is 5.26 Å². The van der Waals surface area contributed by atoms with Crippen LogP contribution in [0.4, 0.5) is 11.6 Å². The van der Waals surface area contributed by atoms with Gasteiger partial charge in [-0.1, -0.05) is 6.92 Å². The second kappa shape index (κ2) is 6.20. The number of aromatic nitrogens is 2. The van der Waals surface area contributed by atoms with Gasteiger partial charge in [-0.2, -0.15) is 5.26 Å². The van der Waals surface area contributed by atoms with Gasteiger partial charge in [-0.05, 0) is 20.8 Å². The van der Waals surface area contributed by atoms with Crippen LogP contribution < -0.4 is 10.6 Å². The summed E-state index contributed by atoms with van der Waals surface area (Å²) in [6, 6.07) is 2.25. The lowest BCUT2D eigenvalue weighted by Crippen LogP contribution is -2.30. The molecule has 1 atom stereocenters. The minimum Gasteiger partial charge on any atom is -0.383 e. The lowest BCUT2D eigenvalue weighted by Gasteiger charge is -2.25. The summed E-state index contributed by atoms with van der Waals surface area (Å²) in [5, 5.41) is 8.92. The molecule has 0 amide bonds. The number of hydrogen-bond donors (Lipinski definition) is 1. The van der Waals surface area contributed by atoms with Crippen molar-refractivity contribution in [2.75, 3.05) is 23.7 Å². The summed E-state index contributed by atoms with van der Waals surface area (Å²) < 4.78 is 0. The summed E-state index contributed by atoms with van der Waals surface area (Å²) in [6.07, 6.45) is 0.753. The van der Waals surface area contributed by atoms with Gasteiger partial charge in [0.2, 0.25) is 0 Å². The molecule has 0 aliphatic rings. The van der Waals surface area contributed by atoms with Crippen LogP contribution in [0.25, 0.3) is 0 Å². The van der Waals surface area contributed by atoms with Crippen molar-refractivity contribution in [2.24, 2.45) is 5.92 Å². The van der Waals surface area contributed by atoms with Crippen molar-refractivity contribution in [3.8, 4) is 6.07 Å². The van der Waals surface area contributed by atoms with Crippen LogP contribution in [-0.2, 0) is 6.42 Å². The van der Waals surface area contributed by atoms with Gasteiger partial charge in [0.1, 0.15) is 17.5 Å². The predicted molar refractivity (Wildman–Crippen MR) is 73.2 cm³/mol. The number of nitrogens with two attached hydrogens (primary N) is 1. The molecule has 1 unspecified atom stereocenters. The Kier molecular flexibility index (Phi) is 4.90. The Hall–Kier alpha value is -1.83. The molecule has 0 radical (unpaired) electrons. The predicted octanol–water partition coefficient (Wildman–Crippen LogP) is 1.92. The fraction of sp³-hybridized carbons (Fsp3) is 0.615. The van der Waals surface area contributed by atoms with E-state index in [0.29, 0.717) is 12.4 Å². The Morgan fingerprint density at radius 1 is 1.39 bits per heavy atom. The molecule has 0 spiro atoms. The van der Waals surface area contributed by atoms with Crippen molar-refractivity contribution in [3.05, 3.63) is 11.4 Å². The van der Waals surface area contributed by atoms with Gasteiger partial charge in [0.15, 0.2) is 0 Å². The zero-order valence-corrected chi connectivity index (χ0v) is 11.6. The molecule has 0 aliphatic heterocycles. The molecule has 1 aromatic rings. The molecule has 98 valence electrons. The molecule has 0 bridgehead atoms. The highest BCUT2D eigenvalue weighted by atomic mass is 15.2. The quantitative estimate of drug-likeness (QED) is 0.859. The minimum atomic E-state index is -0.0365. The third-order valence-corrected chi connectivity index (χ3v) is 2.92. The Bertz CT molecular complexity index is 449. The van der Waals surface area contributed by atoms with E-state index >= 15 is 0 Å². The Morgan fingerprint density at radius 3 is 2.56 bits per heavy atom. The SMILES string of the molecule is CCc1nc(N)c(C)c(N(CC)CC(C)C#N)n1. The van der Waals surface area contributed by atoms with Crippen LogP contribution in [0.1, 0.15) is 32.2 Å². The van der Waals surface area contributed by atoms with E-state index in [-0.39, 0.29) is 5.92 Å². The molecule has 1 heterocycles. The molecule has 1 aromatic heterocycles. The van der Waals surface area contributed by atoms with Crippen molar-refractivity contribution in [1.82, 2.24) is 9.97 Å². The summed E-state index contributed by atoms with van der Waals surface area (Å²) >= 11 is 0. The second-order valence-corrected chi connectivity index (χ2v) is 4.40. The maximum Gasteiger partial charge on any atom is 0.137 e. The third-order valence-electron chi connectivity index (χ3n) is 2.92. The van der Waals surface area contributed by atoms with Gasteiger partial charge in [0.25, 0.3) is 0 Å². The van der Waals surface area contributed by atoms with Crippen molar-refractivity contribution in [3.63, 3.8) is 0 Å². The molecule has 0 aliphatic carbocycles. The number of hydrogen-bond acceptors (Lipinski definition) is 5. The molecular weight excluding hydrogens is 226 g/mol. The van der Waals surface area contributed by atoms with Crippen molar-refractivity contribution >= 4 is 11.6 Å². The third kappa shape index (κ3) is 3.10. The summed E-state index contributed by atoms with van der Waals surface area (Å²) in [5.41, 5.74) is 6.80. The molecule has 18 heavy (non-hydrogen) atoms. The van der Waals surface area contributed by atoms with Gasteiger partial charge >= 0.3 is 0 Å². The highest BCUT2D eigenvalue weighted by molar-refractivity contribution is 5.56. The molecule has 2 N–H and O–H groups in total. The first-order valence-electron chi connectivity index (χ1n) is 6.30. The van der Waals surface area contributed by atoms with Crippen LogP contribution in [-0.4, -0.2) is 23.1 Å². The van der Waals surface area contributed by atoms with Crippen LogP contribution in [0, 0.1) is 24.2 Å². The Morgan fingerprint density at radius 2 is 2.06 bits per heavy atom. The van der Waals surface area contributed by atoms with E-state index in [1.165, 1.54) is 0 Å². The van der Waals surface area contributed by atoms with E-state index in [0.717, 1.165) is 30.2 Å². The lowest BCUT2D eigenvalue weighted by atomic mass is 10.2. The molecule has 1 rings (SSSR count). The van der Waals surface area contributed by atoms with Crippen molar-refractivity contribution in [2.45, 2.75) is 34.1 Å². The van der Waals surface area contributed by atoms with Crippen molar-refractivity contribution < 1.29 is 0 Å². The van der Waals surface area contributed by atoms with E-state index in [4.69, 9.17) is 11.0 Å². The zero-order valence-electron chi connectivity index (χ0n) is 11.6. The fourth-order valence-electron chi connectivity index (χ4n) is 1.77. The molecule has 0 fully saturated rings. The van der Waals surface area contributed by atoms with E-state index in [2.05, 4.69) is 20.9 Å². The largest absolute Gasteiger partial charge is 0.383 e. The summed E-state index contributed by atoms with van der Waals surface area (Å²) in [4.78, 5) is 10.9. The molecule has 5 heteroatoms. The van der Waals surface area contributed by atoms with Gasteiger partial charge in [-0.15, -0.1) is 0 Å². The number of nitrogens with zero attached hydrogens (tertiary/aromatic N) is 4. The summed E-state index contributed by atoms with van der Waals surface area (Å²) in [6.45, 7) is 9.34. The van der Waals surface area contributed by atoms with E-state index in [1.807, 2.05) is 27.7 Å². The lowest BCUT2D eigenvalue weighted by molar-refractivity contribution is 0.674. The number of aryl methyl sites for hydroxylation is 1. The topological polar surface area (TPSA) is 78.8 Å². The summed E-state index contributed by atoms with van der Waals surface area (Å²) in [5.74, 6) is 2.09. The Labute approximate surface area is 109 Å². The Balaban J connectivity index is 3.12. The van der Waals surface area contributed by atoms with E-state index < -0.39 is 0 Å². The summed E-state index contributed by atoms with van der Waals surface area (Å²) in [7, 11) is 0. The fourth-order valence-corrected chi connectivity index (χ4v) is 1.77.